The molecule has 10 nitrogen and oxygen atoms in total. The number of methoxy groups -OCH3 is 2. The van der Waals surface area contributed by atoms with Crippen molar-refractivity contribution in [2.24, 2.45) is 5.14 Å². The van der Waals surface area contributed by atoms with E-state index in [-0.39, 0.29) is 5.69 Å². The van der Waals surface area contributed by atoms with E-state index in [2.05, 4.69) is 15.0 Å². The molecule has 0 radical (unpaired) electrons. The van der Waals surface area contributed by atoms with Gasteiger partial charge in [-0.1, -0.05) is 12.1 Å². The lowest BCUT2D eigenvalue weighted by Crippen LogP contribution is -2.15. The normalized spacial score (nSPS) is 11.5. The molecule has 0 aliphatic heterocycles. The first kappa shape index (κ1) is 22.5. The first-order chi connectivity index (χ1) is 15.8. The van der Waals surface area contributed by atoms with Crippen LogP contribution in [0.25, 0.3) is 28.2 Å². The summed E-state index contributed by atoms with van der Waals surface area (Å²) in [6.45, 7) is 2.35. The van der Waals surface area contributed by atoms with Crippen LogP contribution in [0.3, 0.4) is 0 Å². The Morgan fingerprint density at radius 3 is 2.36 bits per heavy atom. The third kappa shape index (κ3) is 4.59. The predicted octanol–water partition coefficient (Wildman–Crippen LogP) is 2.69. The highest BCUT2D eigenvalue weighted by molar-refractivity contribution is 7.88. The molecule has 4 rings (SSSR count). The van der Waals surface area contributed by atoms with Crippen molar-refractivity contribution in [1.29, 1.82) is 0 Å². The van der Waals surface area contributed by atoms with Gasteiger partial charge in [0.2, 0.25) is 15.9 Å². The van der Waals surface area contributed by atoms with Crippen LogP contribution in [0.15, 0.2) is 48.7 Å². The van der Waals surface area contributed by atoms with Crippen molar-refractivity contribution >= 4 is 21.2 Å². The second-order valence-electron chi connectivity index (χ2n) is 7.05. The van der Waals surface area contributed by atoms with E-state index >= 15 is 0 Å². The third-order valence-electron chi connectivity index (χ3n) is 4.81. The number of primary sulfonamides is 1. The first-order valence-corrected chi connectivity index (χ1v) is 11.8. The van der Waals surface area contributed by atoms with Gasteiger partial charge in [-0.3, -0.25) is 9.55 Å². The van der Waals surface area contributed by atoms with Gasteiger partial charge in [-0.05, 0) is 31.2 Å². The topological polar surface area (TPSA) is 131 Å². The molecule has 4 aromatic rings. The predicted molar refractivity (Wildman–Crippen MR) is 123 cm³/mol. The number of rotatable bonds is 8. The molecule has 0 unspecified atom stereocenters. The number of pyridine rings is 1. The fourth-order valence-electron chi connectivity index (χ4n) is 3.53. The molecule has 0 spiro atoms. The monoisotopic (exact) mass is 469 g/mol. The SMILES string of the molecule is CCOc1cccc(-c2cc3ncc(CS(N)(=O)=O)nc3n2-c2c(OC)cccc2OC)n1. The summed E-state index contributed by atoms with van der Waals surface area (Å²) in [7, 11) is -0.694. The fourth-order valence-corrected chi connectivity index (χ4v) is 4.08. The average molecular weight is 470 g/mol. The molecule has 172 valence electrons. The van der Waals surface area contributed by atoms with Gasteiger partial charge in [0, 0.05) is 6.07 Å². The number of aromatic nitrogens is 4. The molecular formula is C22H23N5O5S. The number of benzene rings is 1. The van der Waals surface area contributed by atoms with Crippen LogP contribution in [0.5, 0.6) is 17.4 Å². The quantitative estimate of drug-likeness (QED) is 0.417. The van der Waals surface area contributed by atoms with E-state index in [1.807, 2.05) is 25.1 Å². The molecule has 33 heavy (non-hydrogen) atoms. The van der Waals surface area contributed by atoms with Crippen LogP contribution in [-0.2, 0) is 15.8 Å². The van der Waals surface area contributed by atoms with Gasteiger partial charge in [0.05, 0.1) is 44.1 Å². The Labute approximate surface area is 191 Å². The van der Waals surface area contributed by atoms with E-state index < -0.39 is 15.8 Å². The van der Waals surface area contributed by atoms with Gasteiger partial charge in [0.25, 0.3) is 0 Å². The number of sulfonamides is 1. The van der Waals surface area contributed by atoms with Gasteiger partial charge in [-0.15, -0.1) is 0 Å². The second-order valence-corrected chi connectivity index (χ2v) is 8.66. The van der Waals surface area contributed by atoms with Gasteiger partial charge in [-0.25, -0.2) is 23.5 Å². The Hall–Kier alpha value is -3.70. The Morgan fingerprint density at radius 2 is 1.73 bits per heavy atom. The summed E-state index contributed by atoms with van der Waals surface area (Å²) in [5.74, 6) is 1.06. The Kier molecular flexibility index (Phi) is 6.16. The maximum absolute atomic E-state index is 11.7. The Balaban J connectivity index is 2.06. The van der Waals surface area contributed by atoms with Gasteiger partial charge in [0.15, 0.2) is 5.65 Å². The van der Waals surface area contributed by atoms with Crippen LogP contribution in [0.4, 0.5) is 0 Å². The molecule has 0 amide bonds. The van der Waals surface area contributed by atoms with Crippen molar-refractivity contribution < 1.29 is 22.6 Å². The van der Waals surface area contributed by atoms with E-state index in [1.165, 1.54) is 6.20 Å². The van der Waals surface area contributed by atoms with Crippen molar-refractivity contribution in [2.45, 2.75) is 12.7 Å². The number of para-hydroxylation sites is 1. The minimum absolute atomic E-state index is 0.209. The summed E-state index contributed by atoms with van der Waals surface area (Å²) >= 11 is 0. The highest BCUT2D eigenvalue weighted by Gasteiger charge is 2.23. The summed E-state index contributed by atoms with van der Waals surface area (Å²) in [5, 5.41) is 5.23. The number of hydrogen-bond donors (Lipinski definition) is 1. The van der Waals surface area contributed by atoms with Gasteiger partial charge in [0.1, 0.15) is 28.5 Å². The minimum Gasteiger partial charge on any atom is -0.494 e. The number of nitrogens with two attached hydrogens (primary N) is 1. The van der Waals surface area contributed by atoms with Crippen molar-refractivity contribution in [3.05, 3.63) is 54.4 Å². The molecule has 0 fully saturated rings. The zero-order valence-corrected chi connectivity index (χ0v) is 19.2. The highest BCUT2D eigenvalue weighted by atomic mass is 32.2. The molecule has 11 heteroatoms. The lowest BCUT2D eigenvalue weighted by Gasteiger charge is -2.17. The summed E-state index contributed by atoms with van der Waals surface area (Å²) in [6.07, 6.45) is 1.39. The first-order valence-electron chi connectivity index (χ1n) is 10.0. The molecule has 0 aliphatic carbocycles. The molecule has 0 saturated heterocycles. The van der Waals surface area contributed by atoms with E-state index in [0.29, 0.717) is 52.2 Å². The van der Waals surface area contributed by atoms with Gasteiger partial charge in [-0.2, -0.15) is 0 Å². The Morgan fingerprint density at radius 1 is 1.03 bits per heavy atom. The average Bonchev–Trinajstić information content (AvgIpc) is 3.16. The molecule has 0 aliphatic rings. The van der Waals surface area contributed by atoms with Gasteiger partial charge >= 0.3 is 0 Å². The fraction of sp³-hybridized carbons (Fsp3) is 0.227. The van der Waals surface area contributed by atoms with E-state index in [9.17, 15) is 8.42 Å². The molecule has 0 atom stereocenters. The zero-order chi connectivity index (χ0) is 23.6. The maximum Gasteiger partial charge on any atom is 0.214 e. The molecular weight excluding hydrogens is 446 g/mol. The lowest BCUT2D eigenvalue weighted by molar-refractivity contribution is 0.327. The minimum atomic E-state index is -3.80. The number of nitrogens with zero attached hydrogens (tertiary/aromatic N) is 4. The largest absolute Gasteiger partial charge is 0.494 e. The van der Waals surface area contributed by atoms with Crippen LogP contribution in [-0.4, -0.2) is 48.8 Å². The molecule has 3 heterocycles. The summed E-state index contributed by atoms with van der Waals surface area (Å²) in [6, 6.07) is 12.6. The van der Waals surface area contributed by atoms with Crippen molar-refractivity contribution in [3.8, 4) is 34.5 Å². The standard InChI is InChI=1S/C22H23N5O5S/c1-4-32-20-10-5-7-15(26-20)17-11-16-22(25-14(12-24-16)13-33(23,28)29)27(17)21-18(30-2)8-6-9-19(21)31-3/h5-12H,4,13H2,1-3H3,(H2,23,28,29). The number of fused-ring (bicyclic) bond motifs is 1. The van der Waals surface area contributed by atoms with Crippen molar-refractivity contribution in [2.75, 3.05) is 20.8 Å². The highest BCUT2D eigenvalue weighted by Crippen LogP contribution is 2.39. The summed E-state index contributed by atoms with van der Waals surface area (Å²) in [5.41, 5.74) is 2.94. The lowest BCUT2D eigenvalue weighted by atomic mass is 10.2. The summed E-state index contributed by atoms with van der Waals surface area (Å²) in [4.78, 5) is 13.6. The number of hydrogen-bond acceptors (Lipinski definition) is 8. The molecule has 0 saturated carbocycles. The Bertz CT molecular complexity index is 1400. The molecule has 1 aromatic carbocycles. The van der Waals surface area contributed by atoms with E-state index in [4.69, 9.17) is 19.3 Å². The molecule has 2 N–H and O–H groups in total. The molecule has 3 aromatic heterocycles. The maximum atomic E-state index is 11.7. The van der Waals surface area contributed by atoms with Crippen LogP contribution < -0.4 is 19.3 Å². The third-order valence-corrected chi connectivity index (χ3v) is 5.51. The van der Waals surface area contributed by atoms with Crippen molar-refractivity contribution in [3.63, 3.8) is 0 Å². The van der Waals surface area contributed by atoms with Crippen LogP contribution in [0.2, 0.25) is 0 Å². The van der Waals surface area contributed by atoms with E-state index in [1.54, 1.807) is 43.1 Å². The van der Waals surface area contributed by atoms with Gasteiger partial charge < -0.3 is 14.2 Å². The summed E-state index contributed by atoms with van der Waals surface area (Å²) < 4.78 is 41.9. The number of ether oxygens (including phenoxy) is 3. The van der Waals surface area contributed by atoms with Crippen molar-refractivity contribution in [1.82, 2.24) is 19.5 Å². The van der Waals surface area contributed by atoms with Crippen LogP contribution >= 0.6 is 0 Å². The van der Waals surface area contributed by atoms with Crippen LogP contribution in [0.1, 0.15) is 12.6 Å². The zero-order valence-electron chi connectivity index (χ0n) is 18.3. The smallest absolute Gasteiger partial charge is 0.214 e. The van der Waals surface area contributed by atoms with Crippen LogP contribution in [0, 0.1) is 0 Å². The van der Waals surface area contributed by atoms with E-state index in [0.717, 1.165) is 0 Å². The second kappa shape index (κ2) is 9.04. The molecule has 0 bridgehead atoms.